The Morgan fingerprint density at radius 1 is 0.917 bits per heavy atom. The van der Waals surface area contributed by atoms with Gasteiger partial charge < -0.3 is 14.8 Å². The molecule has 0 aliphatic heterocycles. The molecule has 1 unspecified atom stereocenters. The zero-order valence-corrected chi connectivity index (χ0v) is 14.8. The van der Waals surface area contributed by atoms with Gasteiger partial charge in [-0.2, -0.15) is 0 Å². The van der Waals surface area contributed by atoms with E-state index in [1.807, 2.05) is 30.3 Å². The fourth-order valence-corrected chi connectivity index (χ4v) is 2.81. The highest BCUT2D eigenvalue weighted by atomic mass is 16.5. The van der Waals surface area contributed by atoms with Crippen LogP contribution in [0.5, 0.6) is 5.75 Å². The summed E-state index contributed by atoms with van der Waals surface area (Å²) in [4.78, 5) is 0. The molecule has 1 atom stereocenters. The highest BCUT2D eigenvalue weighted by Crippen LogP contribution is 2.25. The molecule has 0 aliphatic rings. The molecule has 1 N–H and O–H groups in total. The second-order valence-electron chi connectivity index (χ2n) is 5.99. The molecule has 0 aromatic heterocycles. The van der Waals surface area contributed by atoms with Crippen LogP contribution in [0, 0.1) is 6.92 Å². The van der Waals surface area contributed by atoms with Crippen LogP contribution in [-0.4, -0.2) is 26.8 Å². The van der Waals surface area contributed by atoms with Crippen molar-refractivity contribution in [1.29, 1.82) is 0 Å². The van der Waals surface area contributed by atoms with E-state index in [1.165, 1.54) is 11.1 Å². The number of unbranched alkanes of at least 4 members (excludes halogenated alkanes) is 1. The monoisotopic (exact) mass is 327 g/mol. The van der Waals surface area contributed by atoms with Gasteiger partial charge in [-0.05, 0) is 56.0 Å². The summed E-state index contributed by atoms with van der Waals surface area (Å²) in [6.07, 6.45) is 3.56. The molecule has 2 aromatic carbocycles. The molecule has 0 saturated heterocycles. The summed E-state index contributed by atoms with van der Waals surface area (Å²) in [5.41, 5.74) is 2.62. The summed E-state index contributed by atoms with van der Waals surface area (Å²) in [7, 11) is 1.80. The predicted molar refractivity (Wildman–Crippen MR) is 99.6 cm³/mol. The minimum absolute atomic E-state index is 0.201. The van der Waals surface area contributed by atoms with Crippen molar-refractivity contribution in [3.63, 3.8) is 0 Å². The molecular formula is C21H29NO2. The Hall–Kier alpha value is -1.84. The van der Waals surface area contributed by atoms with Crippen LogP contribution in [0.3, 0.4) is 0 Å². The van der Waals surface area contributed by atoms with Crippen LogP contribution in [-0.2, 0) is 4.74 Å². The van der Waals surface area contributed by atoms with Gasteiger partial charge in [-0.3, -0.25) is 0 Å². The van der Waals surface area contributed by atoms with E-state index in [0.717, 1.165) is 38.1 Å². The third kappa shape index (κ3) is 6.34. The smallest absolute Gasteiger partial charge is 0.119 e. The summed E-state index contributed by atoms with van der Waals surface area (Å²) in [6, 6.07) is 18.4. The van der Waals surface area contributed by atoms with Gasteiger partial charge in [0.1, 0.15) is 12.4 Å². The first-order valence-corrected chi connectivity index (χ1v) is 8.78. The van der Waals surface area contributed by atoms with Crippen molar-refractivity contribution < 1.29 is 9.47 Å². The van der Waals surface area contributed by atoms with Gasteiger partial charge in [0.15, 0.2) is 0 Å². The average Bonchev–Trinajstić information content (AvgIpc) is 2.62. The summed E-state index contributed by atoms with van der Waals surface area (Å²) in [6.45, 7) is 4.74. The number of aryl methyl sites for hydroxylation is 1. The molecule has 0 spiro atoms. The van der Waals surface area contributed by atoms with Gasteiger partial charge in [0, 0.05) is 13.7 Å². The highest BCUT2D eigenvalue weighted by Gasteiger charge is 2.11. The van der Waals surface area contributed by atoms with E-state index in [0.29, 0.717) is 6.61 Å². The molecule has 0 saturated carbocycles. The van der Waals surface area contributed by atoms with Gasteiger partial charge in [-0.1, -0.05) is 42.5 Å². The molecule has 3 heteroatoms. The third-order valence-electron chi connectivity index (χ3n) is 4.18. The van der Waals surface area contributed by atoms with Crippen LogP contribution < -0.4 is 10.1 Å². The zero-order valence-electron chi connectivity index (χ0n) is 14.8. The molecule has 0 heterocycles. The van der Waals surface area contributed by atoms with Gasteiger partial charge in [-0.25, -0.2) is 0 Å². The Balaban J connectivity index is 1.55. The van der Waals surface area contributed by atoms with Crippen molar-refractivity contribution in [2.75, 3.05) is 26.8 Å². The van der Waals surface area contributed by atoms with Gasteiger partial charge in [0.05, 0.1) is 6.10 Å². The zero-order chi connectivity index (χ0) is 17.0. The molecule has 2 aromatic rings. The molecule has 2 rings (SSSR count). The maximum atomic E-state index is 5.67. The number of benzene rings is 2. The number of nitrogens with one attached hydrogen (secondary N) is 1. The molecule has 24 heavy (non-hydrogen) atoms. The Morgan fingerprint density at radius 2 is 1.67 bits per heavy atom. The van der Waals surface area contributed by atoms with E-state index in [2.05, 4.69) is 36.5 Å². The Kier molecular flexibility index (Phi) is 8.36. The van der Waals surface area contributed by atoms with Crippen LogP contribution in [0.25, 0.3) is 0 Å². The first-order chi connectivity index (χ1) is 11.8. The standard InChI is InChI=1S/C21H29NO2/c1-18-10-6-7-13-20(18)21(23-2)14-8-9-15-22-16-17-24-19-11-4-3-5-12-19/h3-7,10-13,21-22H,8-9,14-17H2,1-2H3. The lowest BCUT2D eigenvalue weighted by Crippen LogP contribution is -2.22. The van der Waals surface area contributed by atoms with Crippen molar-refractivity contribution >= 4 is 0 Å². The predicted octanol–water partition coefficient (Wildman–Crippen LogP) is 4.52. The number of ether oxygens (including phenoxy) is 2. The summed E-state index contributed by atoms with van der Waals surface area (Å²) >= 11 is 0. The molecule has 0 radical (unpaired) electrons. The van der Waals surface area contributed by atoms with Crippen LogP contribution in [0.2, 0.25) is 0 Å². The maximum absolute atomic E-state index is 5.67. The van der Waals surface area contributed by atoms with Gasteiger partial charge in [-0.15, -0.1) is 0 Å². The largest absolute Gasteiger partial charge is 0.492 e. The van der Waals surface area contributed by atoms with Gasteiger partial charge in [0.2, 0.25) is 0 Å². The van der Waals surface area contributed by atoms with Crippen LogP contribution in [0.1, 0.15) is 36.5 Å². The third-order valence-corrected chi connectivity index (χ3v) is 4.18. The van der Waals surface area contributed by atoms with Crippen molar-refractivity contribution in [3.8, 4) is 5.75 Å². The van der Waals surface area contributed by atoms with Crippen molar-refractivity contribution in [3.05, 3.63) is 65.7 Å². The summed E-state index contributed by atoms with van der Waals surface area (Å²) in [5, 5.41) is 3.43. The number of methoxy groups -OCH3 is 1. The first kappa shape index (κ1) is 18.5. The quantitative estimate of drug-likeness (QED) is 0.616. The van der Waals surface area contributed by atoms with Crippen LogP contribution in [0.4, 0.5) is 0 Å². The second-order valence-corrected chi connectivity index (χ2v) is 5.99. The Bertz CT molecular complexity index is 571. The van der Waals surface area contributed by atoms with E-state index in [1.54, 1.807) is 7.11 Å². The minimum atomic E-state index is 0.201. The van der Waals surface area contributed by atoms with E-state index >= 15 is 0 Å². The average molecular weight is 327 g/mol. The van der Waals surface area contributed by atoms with E-state index in [9.17, 15) is 0 Å². The van der Waals surface area contributed by atoms with Gasteiger partial charge >= 0.3 is 0 Å². The van der Waals surface area contributed by atoms with Crippen LogP contribution >= 0.6 is 0 Å². The fraction of sp³-hybridized carbons (Fsp3) is 0.429. The molecule has 0 amide bonds. The highest BCUT2D eigenvalue weighted by molar-refractivity contribution is 5.27. The Morgan fingerprint density at radius 3 is 2.42 bits per heavy atom. The van der Waals surface area contributed by atoms with Crippen LogP contribution in [0.15, 0.2) is 54.6 Å². The lowest BCUT2D eigenvalue weighted by atomic mass is 9.99. The molecule has 0 fully saturated rings. The summed E-state index contributed by atoms with van der Waals surface area (Å²) in [5.74, 6) is 0.931. The number of rotatable bonds is 11. The van der Waals surface area contributed by atoms with Crippen molar-refractivity contribution in [1.82, 2.24) is 5.32 Å². The maximum Gasteiger partial charge on any atom is 0.119 e. The molecule has 130 valence electrons. The lowest BCUT2D eigenvalue weighted by Gasteiger charge is -2.18. The number of para-hydroxylation sites is 1. The minimum Gasteiger partial charge on any atom is -0.492 e. The van der Waals surface area contributed by atoms with E-state index in [4.69, 9.17) is 9.47 Å². The lowest BCUT2D eigenvalue weighted by molar-refractivity contribution is 0.0927. The van der Waals surface area contributed by atoms with Crippen molar-refractivity contribution in [2.24, 2.45) is 0 Å². The first-order valence-electron chi connectivity index (χ1n) is 8.78. The van der Waals surface area contributed by atoms with Crippen molar-refractivity contribution in [2.45, 2.75) is 32.3 Å². The molecule has 0 bridgehead atoms. The second kappa shape index (κ2) is 10.8. The Labute approximate surface area is 146 Å². The van der Waals surface area contributed by atoms with E-state index in [-0.39, 0.29) is 6.10 Å². The van der Waals surface area contributed by atoms with E-state index < -0.39 is 0 Å². The molecular weight excluding hydrogens is 298 g/mol. The molecule has 0 aliphatic carbocycles. The normalized spacial score (nSPS) is 12.1. The number of hydrogen-bond acceptors (Lipinski definition) is 3. The fourth-order valence-electron chi connectivity index (χ4n) is 2.81. The summed E-state index contributed by atoms with van der Waals surface area (Å²) < 4.78 is 11.3. The SMILES string of the molecule is COC(CCCCNCCOc1ccccc1)c1ccccc1C. The topological polar surface area (TPSA) is 30.5 Å². The molecule has 3 nitrogen and oxygen atoms in total. The van der Waals surface area contributed by atoms with Gasteiger partial charge in [0.25, 0.3) is 0 Å². The number of hydrogen-bond donors (Lipinski definition) is 1.